The minimum Gasteiger partial charge on any atom is -0.321 e. The quantitative estimate of drug-likeness (QED) is 0.923. The van der Waals surface area contributed by atoms with Crippen LogP contribution in [-0.4, -0.2) is 10.9 Å². The normalized spacial score (nSPS) is 10.2. The molecular weight excluding hydrogens is 306 g/mol. The van der Waals surface area contributed by atoms with Crippen molar-refractivity contribution in [3.8, 4) is 0 Å². The van der Waals surface area contributed by atoms with E-state index in [1.807, 2.05) is 0 Å². The highest BCUT2D eigenvalue weighted by molar-refractivity contribution is 9.10. The number of nitrogens with one attached hydrogen (secondary N) is 1. The number of pyridine rings is 1. The summed E-state index contributed by atoms with van der Waals surface area (Å²) in [5, 5.41) is 2.43. The Morgan fingerprint density at radius 3 is 2.67 bits per heavy atom. The molecule has 0 aliphatic rings. The largest absolute Gasteiger partial charge is 0.321 e. The molecule has 0 spiro atoms. The molecule has 1 amide bonds. The second kappa shape index (κ2) is 5.22. The summed E-state index contributed by atoms with van der Waals surface area (Å²) in [5.41, 5.74) is 0.332. The first-order chi connectivity index (χ1) is 8.58. The third-order valence-corrected chi connectivity index (χ3v) is 2.79. The molecule has 2 rings (SSSR count). The van der Waals surface area contributed by atoms with Crippen molar-refractivity contribution in [2.45, 2.75) is 0 Å². The van der Waals surface area contributed by atoms with Gasteiger partial charge in [-0.15, -0.1) is 0 Å². The second-order valence-corrected chi connectivity index (χ2v) is 4.27. The molecule has 3 nitrogen and oxygen atoms in total. The molecule has 0 fully saturated rings. The zero-order valence-corrected chi connectivity index (χ0v) is 10.5. The number of benzene rings is 1. The van der Waals surface area contributed by atoms with Crippen LogP contribution in [0.15, 0.2) is 41.0 Å². The van der Waals surface area contributed by atoms with Crippen molar-refractivity contribution in [1.82, 2.24) is 4.98 Å². The molecule has 92 valence electrons. The molecule has 0 saturated heterocycles. The van der Waals surface area contributed by atoms with E-state index in [1.165, 1.54) is 12.3 Å². The number of hydrogen-bond donors (Lipinski definition) is 1. The smallest absolute Gasteiger partial charge is 0.275 e. The van der Waals surface area contributed by atoms with Crippen LogP contribution in [0, 0.1) is 11.6 Å². The predicted molar refractivity (Wildman–Crippen MR) is 66.2 cm³/mol. The Bertz CT molecular complexity index is 604. The Hall–Kier alpha value is -1.82. The summed E-state index contributed by atoms with van der Waals surface area (Å²) in [7, 11) is 0. The molecule has 1 aromatic heterocycles. The van der Waals surface area contributed by atoms with Crippen LogP contribution in [0.1, 0.15) is 10.5 Å². The number of anilines is 1. The van der Waals surface area contributed by atoms with Crippen molar-refractivity contribution >= 4 is 27.5 Å². The van der Waals surface area contributed by atoms with Gasteiger partial charge in [-0.1, -0.05) is 0 Å². The van der Waals surface area contributed by atoms with Gasteiger partial charge in [0.05, 0.1) is 0 Å². The van der Waals surface area contributed by atoms with Gasteiger partial charge in [0.25, 0.3) is 5.91 Å². The van der Waals surface area contributed by atoms with Crippen LogP contribution in [0.3, 0.4) is 0 Å². The minimum absolute atomic E-state index is 0.163. The van der Waals surface area contributed by atoms with Crippen LogP contribution >= 0.6 is 15.9 Å². The van der Waals surface area contributed by atoms with E-state index in [4.69, 9.17) is 0 Å². The third-order valence-electron chi connectivity index (χ3n) is 2.15. The summed E-state index contributed by atoms with van der Waals surface area (Å²) in [6.45, 7) is 0. The maximum absolute atomic E-state index is 13.0. The fourth-order valence-electron chi connectivity index (χ4n) is 1.32. The first-order valence-electron chi connectivity index (χ1n) is 4.95. The third kappa shape index (κ3) is 2.70. The van der Waals surface area contributed by atoms with Crippen molar-refractivity contribution in [2.75, 3.05) is 5.32 Å². The Morgan fingerprint density at radius 2 is 2.00 bits per heavy atom. The van der Waals surface area contributed by atoms with Crippen LogP contribution in [0.25, 0.3) is 0 Å². The van der Waals surface area contributed by atoms with Gasteiger partial charge in [0.1, 0.15) is 5.69 Å². The fraction of sp³-hybridized carbons (Fsp3) is 0. The van der Waals surface area contributed by atoms with E-state index in [-0.39, 0.29) is 11.4 Å². The maximum Gasteiger partial charge on any atom is 0.275 e. The molecule has 0 atom stereocenters. The van der Waals surface area contributed by atoms with E-state index in [1.54, 1.807) is 12.1 Å². The van der Waals surface area contributed by atoms with Gasteiger partial charge in [0, 0.05) is 22.4 Å². The van der Waals surface area contributed by atoms with Gasteiger partial charge >= 0.3 is 0 Å². The molecule has 0 saturated carbocycles. The van der Waals surface area contributed by atoms with Gasteiger partial charge in [-0.3, -0.25) is 4.79 Å². The van der Waals surface area contributed by atoms with Gasteiger partial charge in [-0.05, 0) is 40.2 Å². The Labute approximate surface area is 110 Å². The van der Waals surface area contributed by atoms with Gasteiger partial charge in [0.2, 0.25) is 0 Å². The topological polar surface area (TPSA) is 42.0 Å². The van der Waals surface area contributed by atoms with E-state index in [9.17, 15) is 13.6 Å². The number of carbonyl (C=O) groups is 1. The predicted octanol–water partition coefficient (Wildman–Crippen LogP) is 3.37. The highest BCUT2D eigenvalue weighted by Crippen LogP contribution is 2.17. The van der Waals surface area contributed by atoms with Crippen molar-refractivity contribution < 1.29 is 13.6 Å². The second-order valence-electron chi connectivity index (χ2n) is 3.42. The zero-order chi connectivity index (χ0) is 13.1. The highest BCUT2D eigenvalue weighted by Gasteiger charge is 2.12. The van der Waals surface area contributed by atoms with Crippen molar-refractivity contribution in [1.29, 1.82) is 0 Å². The summed E-state index contributed by atoms with van der Waals surface area (Å²) in [6.07, 6.45) is 1.46. The minimum atomic E-state index is -1.02. The van der Waals surface area contributed by atoms with Gasteiger partial charge in [-0.2, -0.15) is 0 Å². The van der Waals surface area contributed by atoms with Crippen molar-refractivity contribution in [3.05, 3.63) is 58.3 Å². The van der Waals surface area contributed by atoms with Crippen LogP contribution in [0.5, 0.6) is 0 Å². The lowest BCUT2D eigenvalue weighted by Gasteiger charge is -2.06. The molecule has 0 radical (unpaired) electrons. The summed E-state index contributed by atoms with van der Waals surface area (Å²) in [6, 6.07) is 6.45. The molecule has 1 heterocycles. The Kier molecular flexibility index (Phi) is 3.66. The first kappa shape index (κ1) is 12.6. The van der Waals surface area contributed by atoms with E-state index >= 15 is 0 Å². The number of aromatic nitrogens is 1. The molecule has 2 aromatic rings. The Morgan fingerprint density at radius 1 is 1.22 bits per heavy atom. The van der Waals surface area contributed by atoms with Crippen LogP contribution in [0.2, 0.25) is 0 Å². The lowest BCUT2D eigenvalue weighted by molar-refractivity contribution is 0.102. The van der Waals surface area contributed by atoms with E-state index in [0.29, 0.717) is 4.47 Å². The summed E-state index contributed by atoms with van der Waals surface area (Å²) in [5.74, 6) is -2.49. The average molecular weight is 313 g/mol. The van der Waals surface area contributed by atoms with Crippen molar-refractivity contribution in [3.63, 3.8) is 0 Å². The molecule has 0 unspecified atom stereocenters. The molecule has 18 heavy (non-hydrogen) atoms. The van der Waals surface area contributed by atoms with Gasteiger partial charge < -0.3 is 5.32 Å². The number of amides is 1. The summed E-state index contributed by atoms with van der Waals surface area (Å²) in [4.78, 5) is 15.7. The lowest BCUT2D eigenvalue weighted by atomic mass is 10.2. The molecule has 0 bridgehead atoms. The van der Waals surface area contributed by atoms with E-state index < -0.39 is 17.5 Å². The standard InChI is InChI=1S/C12H7BrF2N2O/c13-8-2-1-5-16-11(8)12(18)17-7-3-4-9(14)10(15)6-7/h1-6H,(H,17,18). The average Bonchev–Trinajstić information content (AvgIpc) is 2.34. The van der Waals surface area contributed by atoms with Crippen LogP contribution in [0.4, 0.5) is 14.5 Å². The lowest BCUT2D eigenvalue weighted by Crippen LogP contribution is -2.14. The summed E-state index contributed by atoms with van der Waals surface area (Å²) < 4.78 is 26.2. The maximum atomic E-state index is 13.0. The number of carbonyl (C=O) groups excluding carboxylic acids is 1. The van der Waals surface area contributed by atoms with E-state index in [0.717, 1.165) is 12.1 Å². The molecule has 0 aliphatic heterocycles. The SMILES string of the molecule is O=C(Nc1ccc(F)c(F)c1)c1ncccc1Br. The molecule has 6 heteroatoms. The Balaban J connectivity index is 2.22. The summed E-state index contributed by atoms with van der Waals surface area (Å²) >= 11 is 3.18. The zero-order valence-electron chi connectivity index (χ0n) is 8.95. The number of halogens is 3. The fourth-order valence-corrected chi connectivity index (χ4v) is 1.75. The number of nitrogens with zero attached hydrogens (tertiary/aromatic N) is 1. The monoisotopic (exact) mass is 312 g/mol. The van der Waals surface area contributed by atoms with Crippen LogP contribution in [-0.2, 0) is 0 Å². The highest BCUT2D eigenvalue weighted by atomic mass is 79.9. The molecular formula is C12H7BrF2N2O. The van der Waals surface area contributed by atoms with Crippen molar-refractivity contribution in [2.24, 2.45) is 0 Å². The molecule has 0 aliphatic carbocycles. The van der Waals surface area contributed by atoms with Gasteiger partial charge in [0.15, 0.2) is 11.6 Å². The number of hydrogen-bond acceptors (Lipinski definition) is 2. The van der Waals surface area contributed by atoms with E-state index in [2.05, 4.69) is 26.2 Å². The van der Waals surface area contributed by atoms with Gasteiger partial charge in [-0.25, -0.2) is 13.8 Å². The molecule has 1 N–H and O–H groups in total. The first-order valence-corrected chi connectivity index (χ1v) is 5.74. The number of rotatable bonds is 2. The molecule has 1 aromatic carbocycles. The van der Waals surface area contributed by atoms with Crippen LogP contribution < -0.4 is 5.32 Å².